The molecule has 1 aromatic heterocycles. The summed E-state index contributed by atoms with van der Waals surface area (Å²) < 4.78 is 0. The maximum absolute atomic E-state index is 10.7. The molecule has 106 valence electrons. The summed E-state index contributed by atoms with van der Waals surface area (Å²) in [6.07, 6.45) is 2.90. The number of aromatic nitrogens is 1. The molecule has 0 amide bonds. The fraction of sp³-hybridized carbons (Fsp3) is 0.357. The number of hydrogen-bond acceptors (Lipinski definition) is 5. The number of non-ortho nitro benzene ring substituents is 1. The Morgan fingerprint density at radius 3 is 2.95 bits per heavy atom. The summed E-state index contributed by atoms with van der Waals surface area (Å²) in [5.74, 6) is 0. The average molecular weight is 291 g/mol. The molecule has 2 rings (SSSR count). The van der Waals surface area contributed by atoms with Gasteiger partial charge in [0.25, 0.3) is 5.69 Å². The molecule has 1 aromatic carbocycles. The minimum atomic E-state index is -0.374. The molecule has 0 aliphatic rings. The summed E-state index contributed by atoms with van der Waals surface area (Å²) in [5.41, 5.74) is 1.03. The number of hydrogen-bond donors (Lipinski definition) is 1. The Balaban J connectivity index is 1.97. The topological polar surface area (TPSA) is 68.1 Å². The van der Waals surface area contributed by atoms with Gasteiger partial charge in [-0.1, -0.05) is 19.1 Å². The number of rotatable bonds is 6. The molecular formula is C14H17N3O2S. The lowest BCUT2D eigenvalue weighted by molar-refractivity contribution is -0.384. The molecule has 5 nitrogen and oxygen atoms in total. The minimum absolute atomic E-state index is 0.125. The zero-order chi connectivity index (χ0) is 14.5. The fourth-order valence-electron chi connectivity index (χ4n) is 1.82. The SMILES string of the molecule is CCc1cnc(C(C)NCc2cccc([N+](=O)[O-])c2)s1. The van der Waals surface area contributed by atoms with Crippen LogP contribution in [-0.2, 0) is 13.0 Å². The molecule has 1 unspecified atom stereocenters. The van der Waals surface area contributed by atoms with E-state index in [2.05, 4.69) is 24.1 Å². The van der Waals surface area contributed by atoms with Crippen molar-refractivity contribution in [3.05, 3.63) is 56.0 Å². The molecule has 6 heteroatoms. The molecule has 0 fully saturated rings. The van der Waals surface area contributed by atoms with Crippen molar-refractivity contribution < 1.29 is 4.92 Å². The molecule has 0 bridgehead atoms. The number of benzene rings is 1. The van der Waals surface area contributed by atoms with Gasteiger partial charge in [-0.2, -0.15) is 0 Å². The Kier molecular flexibility index (Phi) is 4.81. The standard InChI is InChI=1S/C14H17N3O2S/c1-3-13-9-16-14(20-13)10(2)15-8-11-5-4-6-12(7-11)17(18)19/h4-7,9-10,15H,3,8H2,1-2H3. The van der Waals surface area contributed by atoms with Gasteiger partial charge in [0, 0.05) is 29.8 Å². The van der Waals surface area contributed by atoms with E-state index in [4.69, 9.17) is 0 Å². The van der Waals surface area contributed by atoms with Crippen molar-refractivity contribution in [3.63, 3.8) is 0 Å². The first kappa shape index (κ1) is 14.6. The normalized spacial score (nSPS) is 12.3. The van der Waals surface area contributed by atoms with Crippen LogP contribution in [0.3, 0.4) is 0 Å². The smallest absolute Gasteiger partial charge is 0.269 e. The van der Waals surface area contributed by atoms with Crippen LogP contribution in [0.4, 0.5) is 5.69 Å². The van der Waals surface area contributed by atoms with Crippen LogP contribution in [0.1, 0.15) is 35.3 Å². The molecule has 1 atom stereocenters. The molecule has 0 radical (unpaired) electrons. The largest absolute Gasteiger partial charge is 0.304 e. The molecule has 1 N–H and O–H groups in total. The molecule has 2 aromatic rings. The van der Waals surface area contributed by atoms with Gasteiger partial charge in [-0.15, -0.1) is 11.3 Å². The highest BCUT2D eigenvalue weighted by Gasteiger charge is 2.11. The number of aryl methyl sites for hydroxylation is 1. The van der Waals surface area contributed by atoms with E-state index in [1.807, 2.05) is 12.3 Å². The second-order valence-electron chi connectivity index (χ2n) is 4.55. The van der Waals surface area contributed by atoms with Gasteiger partial charge < -0.3 is 5.32 Å². The molecular weight excluding hydrogens is 274 g/mol. The first-order valence-electron chi connectivity index (χ1n) is 6.51. The molecule has 0 aliphatic heterocycles. The summed E-state index contributed by atoms with van der Waals surface area (Å²) in [6, 6.07) is 6.82. The van der Waals surface area contributed by atoms with E-state index in [0.717, 1.165) is 17.0 Å². The van der Waals surface area contributed by atoms with Crippen molar-refractivity contribution >= 4 is 17.0 Å². The van der Waals surface area contributed by atoms with Crippen molar-refractivity contribution in [2.24, 2.45) is 0 Å². The van der Waals surface area contributed by atoms with E-state index in [9.17, 15) is 10.1 Å². The Bertz CT molecular complexity index is 598. The Morgan fingerprint density at radius 1 is 1.50 bits per heavy atom. The van der Waals surface area contributed by atoms with Crippen LogP contribution in [0.5, 0.6) is 0 Å². The second kappa shape index (κ2) is 6.58. The van der Waals surface area contributed by atoms with Gasteiger partial charge >= 0.3 is 0 Å². The van der Waals surface area contributed by atoms with E-state index in [1.54, 1.807) is 23.5 Å². The number of nitro groups is 1. The predicted octanol–water partition coefficient (Wildman–Crippen LogP) is 3.46. The van der Waals surface area contributed by atoms with Crippen molar-refractivity contribution in [2.75, 3.05) is 0 Å². The molecule has 0 spiro atoms. The van der Waals surface area contributed by atoms with E-state index in [-0.39, 0.29) is 16.7 Å². The number of thiazole rings is 1. The summed E-state index contributed by atoms with van der Waals surface area (Å²) in [5, 5.41) is 15.1. The number of nitro benzene ring substituents is 1. The Hall–Kier alpha value is -1.79. The maximum Gasteiger partial charge on any atom is 0.269 e. The zero-order valence-electron chi connectivity index (χ0n) is 11.5. The Morgan fingerprint density at radius 2 is 2.30 bits per heavy atom. The van der Waals surface area contributed by atoms with Gasteiger partial charge in [-0.3, -0.25) is 10.1 Å². The second-order valence-corrected chi connectivity index (χ2v) is 5.69. The first-order chi connectivity index (χ1) is 9.60. The van der Waals surface area contributed by atoms with Crippen LogP contribution in [0.15, 0.2) is 30.5 Å². The quantitative estimate of drug-likeness (QED) is 0.653. The monoisotopic (exact) mass is 291 g/mol. The fourth-order valence-corrected chi connectivity index (χ4v) is 2.71. The highest BCUT2D eigenvalue weighted by atomic mass is 32.1. The van der Waals surface area contributed by atoms with Crippen LogP contribution in [0, 0.1) is 10.1 Å². The van der Waals surface area contributed by atoms with Crippen LogP contribution >= 0.6 is 11.3 Å². The highest BCUT2D eigenvalue weighted by Crippen LogP contribution is 2.21. The third kappa shape index (κ3) is 3.61. The van der Waals surface area contributed by atoms with Gasteiger partial charge in [0.05, 0.1) is 11.0 Å². The summed E-state index contributed by atoms with van der Waals surface area (Å²) >= 11 is 1.70. The van der Waals surface area contributed by atoms with Crippen LogP contribution in [0.2, 0.25) is 0 Å². The van der Waals surface area contributed by atoms with Crippen molar-refractivity contribution in [2.45, 2.75) is 32.9 Å². The zero-order valence-corrected chi connectivity index (χ0v) is 12.3. The van der Waals surface area contributed by atoms with Crippen molar-refractivity contribution in [1.29, 1.82) is 0 Å². The lowest BCUT2D eigenvalue weighted by atomic mass is 10.2. The summed E-state index contributed by atoms with van der Waals surface area (Å²) in [4.78, 5) is 16.0. The number of nitrogens with zero attached hydrogens (tertiary/aromatic N) is 2. The molecule has 0 saturated heterocycles. The molecule has 0 saturated carbocycles. The average Bonchev–Trinajstić information content (AvgIpc) is 2.94. The summed E-state index contributed by atoms with van der Waals surface area (Å²) in [6.45, 7) is 4.75. The van der Waals surface area contributed by atoms with Gasteiger partial charge in [0.1, 0.15) is 5.01 Å². The molecule has 20 heavy (non-hydrogen) atoms. The van der Waals surface area contributed by atoms with Gasteiger partial charge in [0.15, 0.2) is 0 Å². The number of nitrogens with one attached hydrogen (secondary N) is 1. The Labute approximate surface area is 121 Å². The van der Waals surface area contributed by atoms with E-state index >= 15 is 0 Å². The van der Waals surface area contributed by atoms with E-state index < -0.39 is 0 Å². The van der Waals surface area contributed by atoms with Crippen molar-refractivity contribution in [1.82, 2.24) is 10.3 Å². The molecule has 0 aliphatic carbocycles. The minimum Gasteiger partial charge on any atom is -0.304 e. The van der Waals surface area contributed by atoms with Crippen molar-refractivity contribution in [3.8, 4) is 0 Å². The van der Waals surface area contributed by atoms with E-state index in [1.165, 1.54) is 10.9 Å². The van der Waals surface area contributed by atoms with Crippen LogP contribution < -0.4 is 5.32 Å². The third-order valence-corrected chi connectivity index (χ3v) is 4.35. The lowest BCUT2D eigenvalue weighted by Gasteiger charge is -2.10. The van der Waals surface area contributed by atoms with Gasteiger partial charge in [-0.25, -0.2) is 4.98 Å². The summed E-state index contributed by atoms with van der Waals surface area (Å²) in [7, 11) is 0. The van der Waals surface area contributed by atoms with Crippen LogP contribution in [-0.4, -0.2) is 9.91 Å². The third-order valence-electron chi connectivity index (χ3n) is 3.02. The van der Waals surface area contributed by atoms with Gasteiger partial charge in [0.2, 0.25) is 0 Å². The highest BCUT2D eigenvalue weighted by molar-refractivity contribution is 7.11. The predicted molar refractivity (Wildman–Crippen MR) is 79.8 cm³/mol. The first-order valence-corrected chi connectivity index (χ1v) is 7.33. The van der Waals surface area contributed by atoms with E-state index in [0.29, 0.717) is 6.54 Å². The molecule has 1 heterocycles. The van der Waals surface area contributed by atoms with Crippen LogP contribution in [0.25, 0.3) is 0 Å². The maximum atomic E-state index is 10.7. The van der Waals surface area contributed by atoms with Gasteiger partial charge in [-0.05, 0) is 18.9 Å². The lowest BCUT2D eigenvalue weighted by Crippen LogP contribution is -2.17.